The molecule has 4 nitrogen and oxygen atoms in total. The highest BCUT2D eigenvalue weighted by molar-refractivity contribution is 5.48. The summed E-state index contributed by atoms with van der Waals surface area (Å²) in [6.07, 6.45) is 2.59. The van der Waals surface area contributed by atoms with E-state index in [1.807, 2.05) is 0 Å². The van der Waals surface area contributed by atoms with Gasteiger partial charge in [-0.05, 0) is 44.4 Å². The van der Waals surface area contributed by atoms with Gasteiger partial charge in [-0.1, -0.05) is 17.3 Å². The highest BCUT2D eigenvalue weighted by atomic mass is 16.5. The van der Waals surface area contributed by atoms with Crippen LogP contribution in [-0.4, -0.2) is 17.7 Å². The van der Waals surface area contributed by atoms with E-state index in [2.05, 4.69) is 59.6 Å². The number of nitrogens with zero attached hydrogens (tertiary/aromatic N) is 2. The number of hydrogen-bond donors (Lipinski definition) is 1. The van der Waals surface area contributed by atoms with Crippen molar-refractivity contribution in [2.24, 2.45) is 0 Å². The second-order valence-corrected chi connectivity index (χ2v) is 5.79. The predicted molar refractivity (Wildman–Crippen MR) is 84.3 cm³/mol. The Morgan fingerprint density at radius 3 is 2.90 bits per heavy atom. The molecule has 0 aliphatic heterocycles. The van der Waals surface area contributed by atoms with Crippen molar-refractivity contribution in [1.82, 2.24) is 10.5 Å². The Hall–Kier alpha value is -1.81. The molecule has 1 N–H and O–H groups in total. The van der Waals surface area contributed by atoms with Crippen molar-refractivity contribution in [3.05, 3.63) is 47.3 Å². The van der Waals surface area contributed by atoms with Gasteiger partial charge in [0.15, 0.2) is 5.76 Å². The van der Waals surface area contributed by atoms with E-state index >= 15 is 0 Å². The second kappa shape index (κ2) is 6.31. The molecular formula is C17H23N3O. The van der Waals surface area contributed by atoms with Crippen LogP contribution < -0.4 is 10.2 Å². The minimum absolute atomic E-state index is 0.699. The van der Waals surface area contributed by atoms with E-state index < -0.39 is 0 Å². The van der Waals surface area contributed by atoms with Crippen LogP contribution in [-0.2, 0) is 13.1 Å². The SMILES string of the molecule is CCN(Cc1cc(CNC2CC2)no1)c1cccc(C)c1. The lowest BCUT2D eigenvalue weighted by atomic mass is 10.2. The summed E-state index contributed by atoms with van der Waals surface area (Å²) in [5.74, 6) is 0.922. The standard InChI is InChI=1S/C17H23N3O/c1-3-20(16-6-4-5-13(2)9-16)12-17-10-15(19-21-17)11-18-14-7-8-14/h4-6,9-10,14,18H,3,7-8,11-12H2,1-2H3. The van der Waals surface area contributed by atoms with Crippen LogP contribution in [0.1, 0.15) is 36.8 Å². The summed E-state index contributed by atoms with van der Waals surface area (Å²) in [5.41, 5.74) is 3.50. The zero-order valence-electron chi connectivity index (χ0n) is 12.8. The van der Waals surface area contributed by atoms with Crippen LogP contribution in [0.2, 0.25) is 0 Å². The van der Waals surface area contributed by atoms with E-state index in [1.165, 1.54) is 24.1 Å². The summed E-state index contributed by atoms with van der Waals surface area (Å²) in [7, 11) is 0. The summed E-state index contributed by atoms with van der Waals surface area (Å²) in [6.45, 7) is 6.79. The van der Waals surface area contributed by atoms with Crippen LogP contribution in [0.15, 0.2) is 34.9 Å². The number of benzene rings is 1. The van der Waals surface area contributed by atoms with Crippen LogP contribution in [0, 0.1) is 6.92 Å². The van der Waals surface area contributed by atoms with Crippen LogP contribution in [0.3, 0.4) is 0 Å². The quantitative estimate of drug-likeness (QED) is 0.848. The molecule has 112 valence electrons. The zero-order valence-corrected chi connectivity index (χ0v) is 12.8. The second-order valence-electron chi connectivity index (χ2n) is 5.79. The van der Waals surface area contributed by atoms with Crippen LogP contribution in [0.4, 0.5) is 5.69 Å². The predicted octanol–water partition coefficient (Wildman–Crippen LogP) is 3.26. The van der Waals surface area contributed by atoms with Crippen molar-refractivity contribution in [3.63, 3.8) is 0 Å². The van der Waals surface area contributed by atoms with Gasteiger partial charge < -0.3 is 14.7 Å². The monoisotopic (exact) mass is 285 g/mol. The first kappa shape index (κ1) is 14.1. The van der Waals surface area contributed by atoms with Gasteiger partial charge in [0.05, 0.1) is 12.2 Å². The van der Waals surface area contributed by atoms with Crippen molar-refractivity contribution < 1.29 is 4.52 Å². The van der Waals surface area contributed by atoms with E-state index in [9.17, 15) is 0 Å². The fourth-order valence-corrected chi connectivity index (χ4v) is 2.45. The molecule has 2 aromatic rings. The first-order valence-electron chi connectivity index (χ1n) is 7.74. The van der Waals surface area contributed by atoms with Gasteiger partial charge in [-0.2, -0.15) is 0 Å². The highest BCUT2D eigenvalue weighted by Gasteiger charge is 2.20. The lowest BCUT2D eigenvalue weighted by Gasteiger charge is -2.21. The number of rotatable bonds is 7. The minimum atomic E-state index is 0.699. The largest absolute Gasteiger partial charge is 0.364 e. The van der Waals surface area contributed by atoms with Gasteiger partial charge in [-0.25, -0.2) is 0 Å². The molecule has 0 bridgehead atoms. The molecule has 4 heteroatoms. The zero-order chi connectivity index (χ0) is 14.7. The van der Waals surface area contributed by atoms with Crippen molar-refractivity contribution in [1.29, 1.82) is 0 Å². The maximum atomic E-state index is 5.47. The molecular weight excluding hydrogens is 262 g/mol. The summed E-state index contributed by atoms with van der Waals surface area (Å²) < 4.78 is 5.47. The minimum Gasteiger partial charge on any atom is -0.364 e. The van der Waals surface area contributed by atoms with Gasteiger partial charge in [-0.15, -0.1) is 0 Å². The Labute approximate surface area is 126 Å². The Kier molecular flexibility index (Phi) is 4.25. The van der Waals surface area contributed by atoms with Crippen molar-refractivity contribution >= 4 is 5.69 Å². The van der Waals surface area contributed by atoms with Gasteiger partial charge in [0, 0.05) is 30.9 Å². The molecule has 0 unspecified atom stereocenters. The summed E-state index contributed by atoms with van der Waals surface area (Å²) >= 11 is 0. The fourth-order valence-electron chi connectivity index (χ4n) is 2.45. The molecule has 0 amide bonds. The Morgan fingerprint density at radius 1 is 1.33 bits per heavy atom. The number of aromatic nitrogens is 1. The van der Waals surface area contributed by atoms with Crippen LogP contribution in [0.5, 0.6) is 0 Å². The first-order chi connectivity index (χ1) is 10.2. The van der Waals surface area contributed by atoms with Gasteiger partial charge in [0.2, 0.25) is 0 Å². The van der Waals surface area contributed by atoms with E-state index in [-0.39, 0.29) is 0 Å². The van der Waals surface area contributed by atoms with Gasteiger partial charge >= 0.3 is 0 Å². The third-order valence-corrected chi connectivity index (χ3v) is 3.85. The van der Waals surface area contributed by atoms with Gasteiger partial charge in [-0.3, -0.25) is 0 Å². The molecule has 21 heavy (non-hydrogen) atoms. The van der Waals surface area contributed by atoms with E-state index in [1.54, 1.807) is 0 Å². The van der Waals surface area contributed by atoms with Crippen LogP contribution >= 0.6 is 0 Å². The molecule has 0 saturated heterocycles. The Balaban J connectivity index is 1.63. The van der Waals surface area contributed by atoms with Crippen molar-refractivity contribution in [2.75, 3.05) is 11.4 Å². The van der Waals surface area contributed by atoms with E-state index in [0.29, 0.717) is 6.04 Å². The normalized spacial score (nSPS) is 14.4. The molecule has 1 aromatic heterocycles. The molecule has 1 aromatic carbocycles. The van der Waals surface area contributed by atoms with Gasteiger partial charge in [0.25, 0.3) is 0 Å². The maximum absolute atomic E-state index is 5.47. The van der Waals surface area contributed by atoms with Gasteiger partial charge in [0.1, 0.15) is 0 Å². The number of nitrogens with one attached hydrogen (secondary N) is 1. The molecule has 3 rings (SSSR count). The van der Waals surface area contributed by atoms with Crippen LogP contribution in [0.25, 0.3) is 0 Å². The summed E-state index contributed by atoms with van der Waals surface area (Å²) in [5, 5.41) is 7.61. The third kappa shape index (κ3) is 3.85. The van der Waals surface area contributed by atoms with E-state index in [4.69, 9.17) is 4.52 Å². The summed E-state index contributed by atoms with van der Waals surface area (Å²) in [4.78, 5) is 2.30. The van der Waals surface area contributed by atoms with Crippen molar-refractivity contribution in [2.45, 2.75) is 45.8 Å². The average molecular weight is 285 g/mol. The number of aryl methyl sites for hydroxylation is 1. The average Bonchev–Trinajstić information content (AvgIpc) is 3.21. The highest BCUT2D eigenvalue weighted by Crippen LogP contribution is 2.20. The van der Waals surface area contributed by atoms with Crippen molar-refractivity contribution in [3.8, 4) is 0 Å². The molecule has 0 radical (unpaired) electrons. The molecule has 1 fully saturated rings. The molecule has 1 heterocycles. The van der Waals surface area contributed by atoms with E-state index in [0.717, 1.165) is 31.1 Å². The number of anilines is 1. The molecule has 0 atom stereocenters. The lowest BCUT2D eigenvalue weighted by molar-refractivity contribution is 0.373. The smallest absolute Gasteiger partial charge is 0.156 e. The first-order valence-corrected chi connectivity index (χ1v) is 7.74. The fraction of sp³-hybridized carbons (Fsp3) is 0.471. The lowest BCUT2D eigenvalue weighted by Crippen LogP contribution is -2.21. The Bertz CT molecular complexity index is 589. The molecule has 1 saturated carbocycles. The molecule has 1 aliphatic rings. The maximum Gasteiger partial charge on any atom is 0.156 e. The third-order valence-electron chi connectivity index (χ3n) is 3.85. The molecule has 1 aliphatic carbocycles. The topological polar surface area (TPSA) is 41.3 Å². The number of hydrogen-bond acceptors (Lipinski definition) is 4. The summed E-state index contributed by atoms with van der Waals surface area (Å²) in [6, 6.07) is 11.3. The Morgan fingerprint density at radius 2 is 2.19 bits per heavy atom. The molecule has 0 spiro atoms.